The summed E-state index contributed by atoms with van der Waals surface area (Å²) in [7, 11) is 4.87. The largest absolute Gasteiger partial charge is 0.493 e. The molecule has 1 rings (SSSR count). The Balaban J connectivity index is 3.10. The maximum absolute atomic E-state index is 5.36. The molecule has 0 amide bonds. The predicted molar refractivity (Wildman–Crippen MR) is 65.2 cm³/mol. The SMILES string of the molecule is CONCc1ccc(OC)c(OC)c1SC. The molecule has 0 bridgehead atoms. The van der Waals surface area contributed by atoms with Crippen LogP contribution in [0, 0.1) is 0 Å². The number of nitrogens with one attached hydrogen (secondary N) is 1. The second-order valence-corrected chi connectivity index (χ2v) is 3.84. The van der Waals surface area contributed by atoms with Gasteiger partial charge in [0.25, 0.3) is 0 Å². The molecule has 0 aliphatic rings. The molecule has 0 radical (unpaired) electrons. The summed E-state index contributed by atoms with van der Waals surface area (Å²) in [5, 5.41) is 0. The fourth-order valence-corrected chi connectivity index (χ4v) is 2.22. The van der Waals surface area contributed by atoms with Crippen molar-refractivity contribution in [3.63, 3.8) is 0 Å². The summed E-state index contributed by atoms with van der Waals surface area (Å²) in [5.41, 5.74) is 3.94. The Labute approximate surface area is 100 Å². The number of benzene rings is 1. The third-order valence-electron chi connectivity index (χ3n) is 2.19. The monoisotopic (exact) mass is 243 g/mol. The summed E-state index contributed by atoms with van der Waals surface area (Å²) in [5.74, 6) is 1.51. The Kier molecular flexibility index (Phi) is 5.45. The van der Waals surface area contributed by atoms with Crippen LogP contribution in [0.1, 0.15) is 5.56 Å². The van der Waals surface area contributed by atoms with Gasteiger partial charge in [-0.2, -0.15) is 5.48 Å². The molecule has 1 aromatic carbocycles. The number of hydroxylamine groups is 1. The zero-order valence-corrected chi connectivity index (χ0v) is 10.8. The summed E-state index contributed by atoms with van der Waals surface area (Å²) in [6.07, 6.45) is 2.01. The Bertz CT molecular complexity index is 344. The van der Waals surface area contributed by atoms with Gasteiger partial charge < -0.3 is 14.3 Å². The highest BCUT2D eigenvalue weighted by atomic mass is 32.2. The van der Waals surface area contributed by atoms with E-state index in [1.165, 1.54) is 0 Å². The fourth-order valence-electron chi connectivity index (χ4n) is 1.45. The zero-order valence-electron chi connectivity index (χ0n) is 9.99. The predicted octanol–water partition coefficient (Wildman–Crippen LogP) is 2.08. The van der Waals surface area contributed by atoms with Crippen LogP contribution in [-0.4, -0.2) is 27.6 Å². The number of methoxy groups -OCH3 is 2. The van der Waals surface area contributed by atoms with Gasteiger partial charge in [0.2, 0.25) is 0 Å². The van der Waals surface area contributed by atoms with Gasteiger partial charge in [0.15, 0.2) is 11.5 Å². The number of rotatable bonds is 6. The number of hydrogen-bond donors (Lipinski definition) is 1. The average molecular weight is 243 g/mol. The van der Waals surface area contributed by atoms with Crippen LogP contribution in [-0.2, 0) is 11.4 Å². The average Bonchev–Trinajstić information content (AvgIpc) is 2.34. The highest BCUT2D eigenvalue weighted by Crippen LogP contribution is 2.39. The summed E-state index contributed by atoms with van der Waals surface area (Å²) in [6, 6.07) is 3.89. The molecule has 4 nitrogen and oxygen atoms in total. The molecule has 0 heterocycles. The standard InChI is InChI=1S/C11H17NO3S/c1-13-9-6-5-8(7-12-15-3)11(16-4)10(9)14-2/h5-6,12H,7H2,1-4H3. The second kappa shape index (κ2) is 6.62. The molecule has 0 saturated heterocycles. The van der Waals surface area contributed by atoms with Crippen LogP contribution < -0.4 is 15.0 Å². The Morgan fingerprint density at radius 2 is 1.94 bits per heavy atom. The summed E-state index contributed by atoms with van der Waals surface area (Å²) < 4.78 is 10.6. The molecule has 0 unspecified atom stereocenters. The maximum atomic E-state index is 5.36. The molecule has 0 aliphatic carbocycles. The van der Waals surface area contributed by atoms with E-state index in [4.69, 9.17) is 14.3 Å². The Morgan fingerprint density at radius 1 is 1.19 bits per heavy atom. The molecule has 0 aliphatic heterocycles. The second-order valence-electron chi connectivity index (χ2n) is 3.02. The van der Waals surface area contributed by atoms with E-state index >= 15 is 0 Å². The molecule has 0 saturated carbocycles. The van der Waals surface area contributed by atoms with Crippen LogP contribution in [0.3, 0.4) is 0 Å². The third-order valence-corrected chi connectivity index (χ3v) is 3.05. The maximum Gasteiger partial charge on any atom is 0.174 e. The van der Waals surface area contributed by atoms with Crippen molar-refractivity contribution in [1.29, 1.82) is 0 Å². The number of hydrogen-bond acceptors (Lipinski definition) is 5. The lowest BCUT2D eigenvalue weighted by molar-refractivity contribution is 0.0861. The molecule has 0 fully saturated rings. The molecule has 1 N–H and O–H groups in total. The van der Waals surface area contributed by atoms with Gasteiger partial charge in [-0.05, 0) is 17.9 Å². The van der Waals surface area contributed by atoms with Crippen molar-refractivity contribution >= 4 is 11.8 Å². The van der Waals surface area contributed by atoms with Crippen molar-refractivity contribution in [3.8, 4) is 11.5 Å². The van der Waals surface area contributed by atoms with E-state index in [2.05, 4.69) is 5.48 Å². The van der Waals surface area contributed by atoms with E-state index in [1.54, 1.807) is 33.1 Å². The molecule has 16 heavy (non-hydrogen) atoms. The lowest BCUT2D eigenvalue weighted by atomic mass is 10.2. The van der Waals surface area contributed by atoms with Gasteiger partial charge in [-0.25, -0.2) is 0 Å². The molecular formula is C11H17NO3S. The molecule has 5 heteroatoms. The van der Waals surface area contributed by atoms with Gasteiger partial charge in [-0.15, -0.1) is 11.8 Å². The molecule has 0 aromatic heterocycles. The fraction of sp³-hybridized carbons (Fsp3) is 0.455. The quantitative estimate of drug-likeness (QED) is 0.612. The summed E-state index contributed by atoms with van der Waals surface area (Å²) >= 11 is 1.63. The van der Waals surface area contributed by atoms with E-state index < -0.39 is 0 Å². The van der Waals surface area contributed by atoms with E-state index in [0.29, 0.717) is 6.54 Å². The molecule has 0 atom stereocenters. The van der Waals surface area contributed by atoms with Crippen LogP contribution in [0.15, 0.2) is 17.0 Å². The Morgan fingerprint density at radius 3 is 2.44 bits per heavy atom. The molecule has 0 spiro atoms. The normalized spacial score (nSPS) is 10.2. The van der Waals surface area contributed by atoms with Crippen LogP contribution in [0.5, 0.6) is 11.5 Å². The lowest BCUT2D eigenvalue weighted by Gasteiger charge is -2.15. The van der Waals surface area contributed by atoms with Gasteiger partial charge >= 0.3 is 0 Å². The molecular weight excluding hydrogens is 226 g/mol. The molecule has 90 valence electrons. The van der Waals surface area contributed by atoms with Crippen LogP contribution in [0.25, 0.3) is 0 Å². The van der Waals surface area contributed by atoms with Gasteiger partial charge in [0.1, 0.15) is 0 Å². The van der Waals surface area contributed by atoms with E-state index in [9.17, 15) is 0 Å². The van der Waals surface area contributed by atoms with Crippen molar-refractivity contribution < 1.29 is 14.3 Å². The minimum absolute atomic E-state index is 0.632. The highest BCUT2D eigenvalue weighted by molar-refractivity contribution is 7.98. The van der Waals surface area contributed by atoms with Crippen molar-refractivity contribution in [3.05, 3.63) is 17.7 Å². The topological polar surface area (TPSA) is 39.7 Å². The minimum Gasteiger partial charge on any atom is -0.493 e. The number of thioether (sulfide) groups is 1. The van der Waals surface area contributed by atoms with Crippen molar-refractivity contribution in [2.75, 3.05) is 27.6 Å². The minimum atomic E-state index is 0.632. The Hall–Kier alpha value is -0.910. The van der Waals surface area contributed by atoms with E-state index in [-0.39, 0.29) is 0 Å². The first-order chi connectivity index (χ1) is 7.78. The van der Waals surface area contributed by atoms with Gasteiger partial charge in [0, 0.05) is 6.54 Å². The van der Waals surface area contributed by atoms with Gasteiger partial charge in [0.05, 0.1) is 26.2 Å². The van der Waals surface area contributed by atoms with Crippen molar-refractivity contribution in [2.45, 2.75) is 11.4 Å². The first kappa shape index (κ1) is 13.2. The van der Waals surface area contributed by atoms with Gasteiger partial charge in [-0.3, -0.25) is 0 Å². The lowest BCUT2D eigenvalue weighted by Crippen LogP contribution is -2.12. The van der Waals surface area contributed by atoms with Crippen molar-refractivity contribution in [2.24, 2.45) is 0 Å². The smallest absolute Gasteiger partial charge is 0.174 e. The van der Waals surface area contributed by atoms with Crippen LogP contribution in [0.2, 0.25) is 0 Å². The highest BCUT2D eigenvalue weighted by Gasteiger charge is 2.13. The van der Waals surface area contributed by atoms with Crippen LogP contribution >= 0.6 is 11.8 Å². The third kappa shape index (κ3) is 2.81. The summed E-state index contributed by atoms with van der Waals surface area (Å²) in [4.78, 5) is 5.91. The van der Waals surface area contributed by atoms with Gasteiger partial charge in [-0.1, -0.05) is 6.07 Å². The number of ether oxygens (including phenoxy) is 2. The van der Waals surface area contributed by atoms with Crippen LogP contribution in [0.4, 0.5) is 0 Å². The van der Waals surface area contributed by atoms with Crippen molar-refractivity contribution in [1.82, 2.24) is 5.48 Å². The first-order valence-corrected chi connectivity index (χ1v) is 6.04. The van der Waals surface area contributed by atoms with E-state index in [0.717, 1.165) is 22.0 Å². The first-order valence-electron chi connectivity index (χ1n) is 4.82. The van der Waals surface area contributed by atoms with E-state index in [1.807, 2.05) is 18.4 Å². The summed E-state index contributed by atoms with van der Waals surface area (Å²) in [6.45, 7) is 0.632. The zero-order chi connectivity index (χ0) is 12.0. The molecule has 1 aromatic rings.